The van der Waals surface area contributed by atoms with Gasteiger partial charge in [-0.25, -0.2) is 0 Å². The second-order valence-corrected chi connectivity index (χ2v) is 4.26. The summed E-state index contributed by atoms with van der Waals surface area (Å²) in [5.41, 5.74) is 2.58. The molecule has 0 aliphatic carbocycles. The number of aryl methyl sites for hydroxylation is 1. The van der Waals surface area contributed by atoms with Crippen LogP contribution in [0.15, 0.2) is 36.7 Å². The third kappa shape index (κ3) is 2.90. The van der Waals surface area contributed by atoms with E-state index in [1.54, 1.807) is 24.5 Å². The standard InChI is InChI=1S/C14H12N4O2/c1-10-8-16-5-4-12(10)9-17-13-3-2-11(7-15)6-14(13)18(19)20/h2-6,8,17H,9H2,1H3. The molecule has 1 aromatic carbocycles. The number of nitrogens with one attached hydrogen (secondary N) is 1. The molecule has 1 heterocycles. The second kappa shape index (κ2) is 5.80. The third-order valence-corrected chi connectivity index (χ3v) is 2.93. The Balaban J connectivity index is 2.24. The lowest BCUT2D eigenvalue weighted by Gasteiger charge is -2.09. The van der Waals surface area contributed by atoms with E-state index >= 15 is 0 Å². The second-order valence-electron chi connectivity index (χ2n) is 4.26. The molecule has 2 aromatic rings. The summed E-state index contributed by atoms with van der Waals surface area (Å²) < 4.78 is 0. The molecular weight excluding hydrogens is 256 g/mol. The van der Waals surface area contributed by atoms with Crippen molar-refractivity contribution in [1.29, 1.82) is 5.26 Å². The smallest absolute Gasteiger partial charge is 0.293 e. The number of benzene rings is 1. The van der Waals surface area contributed by atoms with Crippen LogP contribution in [0.2, 0.25) is 0 Å². The van der Waals surface area contributed by atoms with Gasteiger partial charge in [0.2, 0.25) is 0 Å². The van der Waals surface area contributed by atoms with Gasteiger partial charge in [0, 0.05) is 25.0 Å². The maximum absolute atomic E-state index is 11.0. The average Bonchev–Trinajstić information content (AvgIpc) is 2.46. The van der Waals surface area contributed by atoms with E-state index in [1.165, 1.54) is 6.07 Å². The number of nitriles is 1. The maximum atomic E-state index is 11.0. The highest BCUT2D eigenvalue weighted by molar-refractivity contribution is 5.64. The van der Waals surface area contributed by atoms with Crippen LogP contribution in [0.1, 0.15) is 16.7 Å². The van der Waals surface area contributed by atoms with Crippen molar-refractivity contribution in [3.8, 4) is 6.07 Å². The average molecular weight is 268 g/mol. The Hall–Kier alpha value is -2.94. The molecule has 6 nitrogen and oxygen atoms in total. The van der Waals surface area contributed by atoms with Crippen molar-refractivity contribution in [2.24, 2.45) is 0 Å². The van der Waals surface area contributed by atoms with Gasteiger partial charge in [-0.15, -0.1) is 0 Å². The van der Waals surface area contributed by atoms with Crippen LogP contribution in [0, 0.1) is 28.4 Å². The summed E-state index contributed by atoms with van der Waals surface area (Å²) in [6.07, 6.45) is 3.42. The fraction of sp³-hybridized carbons (Fsp3) is 0.143. The molecule has 0 bridgehead atoms. The fourth-order valence-corrected chi connectivity index (χ4v) is 1.79. The molecule has 0 saturated carbocycles. The summed E-state index contributed by atoms with van der Waals surface area (Å²) >= 11 is 0. The van der Waals surface area contributed by atoms with E-state index in [9.17, 15) is 10.1 Å². The minimum absolute atomic E-state index is 0.101. The largest absolute Gasteiger partial charge is 0.375 e. The van der Waals surface area contributed by atoms with Crippen molar-refractivity contribution in [1.82, 2.24) is 4.98 Å². The molecule has 100 valence electrons. The van der Waals surface area contributed by atoms with E-state index in [0.29, 0.717) is 12.2 Å². The molecule has 20 heavy (non-hydrogen) atoms. The maximum Gasteiger partial charge on any atom is 0.293 e. The van der Waals surface area contributed by atoms with Crippen LogP contribution >= 0.6 is 0 Å². The van der Waals surface area contributed by atoms with Gasteiger partial charge in [-0.1, -0.05) is 0 Å². The molecule has 6 heteroatoms. The lowest BCUT2D eigenvalue weighted by Crippen LogP contribution is -2.04. The first kappa shape index (κ1) is 13.5. The Morgan fingerprint density at radius 3 is 2.90 bits per heavy atom. The normalized spacial score (nSPS) is 9.80. The van der Waals surface area contributed by atoms with Crippen LogP contribution in [0.4, 0.5) is 11.4 Å². The summed E-state index contributed by atoms with van der Waals surface area (Å²) in [5, 5.41) is 22.8. The molecule has 0 saturated heterocycles. The zero-order valence-corrected chi connectivity index (χ0v) is 10.8. The molecule has 1 aromatic heterocycles. The number of nitro groups is 1. The molecule has 0 radical (unpaired) electrons. The number of nitro benzene ring substituents is 1. The molecule has 0 aliphatic rings. The summed E-state index contributed by atoms with van der Waals surface area (Å²) in [7, 11) is 0. The quantitative estimate of drug-likeness (QED) is 0.680. The highest BCUT2D eigenvalue weighted by Crippen LogP contribution is 2.26. The number of hydrogen-bond acceptors (Lipinski definition) is 5. The molecular formula is C14H12N4O2. The van der Waals surface area contributed by atoms with Gasteiger partial charge >= 0.3 is 0 Å². The predicted octanol–water partition coefficient (Wildman–Crippen LogP) is 2.78. The monoisotopic (exact) mass is 268 g/mol. The highest BCUT2D eigenvalue weighted by Gasteiger charge is 2.14. The van der Waals surface area contributed by atoms with Gasteiger partial charge in [0.15, 0.2) is 0 Å². The molecule has 2 rings (SSSR count). The Labute approximate surface area is 115 Å². The number of hydrogen-bond donors (Lipinski definition) is 1. The Morgan fingerprint density at radius 1 is 1.45 bits per heavy atom. The van der Waals surface area contributed by atoms with Crippen molar-refractivity contribution in [3.05, 3.63) is 63.5 Å². The first-order valence-electron chi connectivity index (χ1n) is 5.93. The summed E-state index contributed by atoms with van der Waals surface area (Å²) in [4.78, 5) is 14.5. The Morgan fingerprint density at radius 2 is 2.25 bits per heavy atom. The van der Waals surface area contributed by atoms with Gasteiger partial charge in [-0.3, -0.25) is 15.1 Å². The molecule has 0 unspecified atom stereocenters. The van der Waals surface area contributed by atoms with Crippen LogP contribution in [-0.2, 0) is 6.54 Å². The zero-order chi connectivity index (χ0) is 14.5. The summed E-state index contributed by atoms with van der Waals surface area (Å²) in [6.45, 7) is 2.39. The Kier molecular flexibility index (Phi) is 3.91. The first-order valence-corrected chi connectivity index (χ1v) is 5.93. The summed E-state index contributed by atoms with van der Waals surface area (Å²) in [6, 6.07) is 8.12. The van der Waals surface area contributed by atoms with E-state index in [-0.39, 0.29) is 11.3 Å². The molecule has 0 aliphatic heterocycles. The van der Waals surface area contributed by atoms with Gasteiger partial charge < -0.3 is 5.32 Å². The predicted molar refractivity (Wildman–Crippen MR) is 74.1 cm³/mol. The number of pyridine rings is 1. The molecule has 0 amide bonds. The van der Waals surface area contributed by atoms with Gasteiger partial charge in [0.05, 0.1) is 16.6 Å². The minimum Gasteiger partial charge on any atom is -0.375 e. The van der Waals surface area contributed by atoms with Crippen molar-refractivity contribution in [2.45, 2.75) is 13.5 Å². The van der Waals surface area contributed by atoms with Crippen molar-refractivity contribution in [3.63, 3.8) is 0 Å². The number of aromatic nitrogens is 1. The number of nitrogens with zero attached hydrogens (tertiary/aromatic N) is 3. The van der Waals surface area contributed by atoms with Gasteiger partial charge in [0.25, 0.3) is 5.69 Å². The van der Waals surface area contributed by atoms with E-state index in [1.807, 2.05) is 19.1 Å². The van der Waals surface area contributed by atoms with Gasteiger partial charge in [0.1, 0.15) is 5.69 Å². The molecule has 1 N–H and O–H groups in total. The minimum atomic E-state index is -0.497. The van der Waals surface area contributed by atoms with Gasteiger partial charge in [-0.05, 0) is 36.2 Å². The van der Waals surface area contributed by atoms with E-state index in [2.05, 4.69) is 10.3 Å². The van der Waals surface area contributed by atoms with Crippen LogP contribution in [0.25, 0.3) is 0 Å². The highest BCUT2D eigenvalue weighted by atomic mass is 16.6. The first-order chi connectivity index (χ1) is 9.61. The van der Waals surface area contributed by atoms with E-state index in [0.717, 1.165) is 11.1 Å². The van der Waals surface area contributed by atoms with Crippen LogP contribution < -0.4 is 5.32 Å². The SMILES string of the molecule is Cc1cnccc1CNc1ccc(C#N)cc1[N+](=O)[O-]. The summed E-state index contributed by atoms with van der Waals surface area (Å²) in [5.74, 6) is 0. The topological polar surface area (TPSA) is 91.8 Å². The lowest BCUT2D eigenvalue weighted by molar-refractivity contribution is -0.384. The molecule has 0 atom stereocenters. The van der Waals surface area contributed by atoms with E-state index < -0.39 is 4.92 Å². The van der Waals surface area contributed by atoms with Crippen LogP contribution in [-0.4, -0.2) is 9.91 Å². The molecule has 0 fully saturated rings. The van der Waals surface area contributed by atoms with Crippen molar-refractivity contribution in [2.75, 3.05) is 5.32 Å². The third-order valence-electron chi connectivity index (χ3n) is 2.93. The van der Waals surface area contributed by atoms with Crippen molar-refractivity contribution >= 4 is 11.4 Å². The number of rotatable bonds is 4. The lowest BCUT2D eigenvalue weighted by atomic mass is 10.1. The van der Waals surface area contributed by atoms with Crippen LogP contribution in [0.5, 0.6) is 0 Å². The number of anilines is 1. The Bertz CT molecular complexity index is 692. The van der Waals surface area contributed by atoms with Gasteiger partial charge in [-0.2, -0.15) is 5.26 Å². The zero-order valence-electron chi connectivity index (χ0n) is 10.8. The van der Waals surface area contributed by atoms with Crippen molar-refractivity contribution < 1.29 is 4.92 Å². The fourth-order valence-electron chi connectivity index (χ4n) is 1.79. The van der Waals surface area contributed by atoms with E-state index in [4.69, 9.17) is 5.26 Å². The molecule has 0 spiro atoms. The van der Waals surface area contributed by atoms with Crippen LogP contribution in [0.3, 0.4) is 0 Å².